The highest BCUT2D eigenvalue weighted by atomic mass is 16.5. The molecule has 1 unspecified atom stereocenters. The summed E-state index contributed by atoms with van der Waals surface area (Å²) in [7, 11) is 1.33. The first-order chi connectivity index (χ1) is 13.6. The first-order valence-corrected chi connectivity index (χ1v) is 9.37. The average Bonchev–Trinajstić information content (AvgIpc) is 3.14. The molecule has 1 saturated heterocycles. The molecule has 0 aliphatic carbocycles. The molecular weight excluding hydrogens is 356 g/mol. The number of rotatable bonds is 7. The lowest BCUT2D eigenvalue weighted by atomic mass is 10.0. The van der Waals surface area contributed by atoms with E-state index in [4.69, 9.17) is 4.74 Å². The maximum absolute atomic E-state index is 12.5. The summed E-state index contributed by atoms with van der Waals surface area (Å²) in [6.45, 7) is 0.741. The minimum atomic E-state index is -0.442. The van der Waals surface area contributed by atoms with Crippen molar-refractivity contribution in [3.8, 4) is 0 Å². The summed E-state index contributed by atoms with van der Waals surface area (Å²) in [6, 6.07) is 16.4. The van der Waals surface area contributed by atoms with Gasteiger partial charge in [0.25, 0.3) is 0 Å². The number of esters is 1. The fourth-order valence-corrected chi connectivity index (χ4v) is 3.33. The van der Waals surface area contributed by atoms with Crippen LogP contribution in [0.4, 0.5) is 5.69 Å². The van der Waals surface area contributed by atoms with Crippen LogP contribution in [0, 0.1) is 0 Å². The van der Waals surface area contributed by atoms with Gasteiger partial charge in [-0.15, -0.1) is 0 Å². The summed E-state index contributed by atoms with van der Waals surface area (Å²) in [5, 5.41) is 2.92. The van der Waals surface area contributed by atoms with E-state index in [1.54, 1.807) is 4.90 Å². The Kier molecular flexibility index (Phi) is 6.42. The Morgan fingerprint density at radius 2 is 1.82 bits per heavy atom. The number of ether oxygens (including phenoxy) is 1. The molecule has 0 aromatic heterocycles. The van der Waals surface area contributed by atoms with Crippen LogP contribution >= 0.6 is 0 Å². The van der Waals surface area contributed by atoms with Gasteiger partial charge in [0, 0.05) is 18.7 Å². The molecule has 0 radical (unpaired) electrons. The Morgan fingerprint density at radius 3 is 2.43 bits per heavy atom. The molecule has 3 rings (SSSR count). The maximum Gasteiger partial charge on any atom is 0.307 e. The molecule has 1 N–H and O–H groups in total. The predicted octanol–water partition coefficient (Wildman–Crippen LogP) is 2.78. The van der Waals surface area contributed by atoms with E-state index < -0.39 is 6.04 Å². The molecule has 1 atom stereocenters. The van der Waals surface area contributed by atoms with Crippen LogP contribution < -0.4 is 10.2 Å². The maximum atomic E-state index is 12.5. The van der Waals surface area contributed by atoms with Crippen molar-refractivity contribution < 1.29 is 19.1 Å². The first kappa shape index (κ1) is 19.6. The zero-order valence-electron chi connectivity index (χ0n) is 15.9. The number of benzene rings is 2. The van der Waals surface area contributed by atoms with Crippen molar-refractivity contribution in [3.63, 3.8) is 0 Å². The van der Waals surface area contributed by atoms with E-state index in [9.17, 15) is 14.4 Å². The smallest absolute Gasteiger partial charge is 0.307 e. The molecule has 2 amide bonds. The van der Waals surface area contributed by atoms with Crippen molar-refractivity contribution in [2.75, 3.05) is 18.6 Å². The molecule has 28 heavy (non-hydrogen) atoms. The van der Waals surface area contributed by atoms with Gasteiger partial charge in [-0.1, -0.05) is 42.5 Å². The van der Waals surface area contributed by atoms with Crippen molar-refractivity contribution in [1.82, 2.24) is 5.32 Å². The monoisotopic (exact) mass is 380 g/mol. The lowest BCUT2D eigenvalue weighted by Crippen LogP contribution is -2.31. The molecule has 2 aromatic rings. The third-order valence-electron chi connectivity index (χ3n) is 4.82. The SMILES string of the molecule is COC(=O)CC(NC(=O)Cc1ccc(N2CCCC2=O)cc1)c1ccccc1. The van der Waals surface area contributed by atoms with Crippen molar-refractivity contribution in [3.05, 3.63) is 65.7 Å². The minimum absolute atomic E-state index is 0.0717. The first-order valence-electron chi connectivity index (χ1n) is 9.37. The van der Waals surface area contributed by atoms with Gasteiger partial charge in [0.2, 0.25) is 11.8 Å². The van der Waals surface area contributed by atoms with E-state index in [0.717, 1.165) is 29.8 Å². The topological polar surface area (TPSA) is 75.7 Å². The van der Waals surface area contributed by atoms with E-state index in [-0.39, 0.29) is 30.6 Å². The number of hydrogen-bond acceptors (Lipinski definition) is 4. The van der Waals surface area contributed by atoms with E-state index in [0.29, 0.717) is 6.42 Å². The lowest BCUT2D eigenvalue weighted by Gasteiger charge is -2.19. The van der Waals surface area contributed by atoms with Gasteiger partial charge in [-0.05, 0) is 29.7 Å². The standard InChI is InChI=1S/C22H24N2O4/c1-28-22(27)15-19(17-6-3-2-4-7-17)23-20(25)14-16-9-11-18(12-10-16)24-13-5-8-21(24)26/h2-4,6-7,9-12,19H,5,8,13-15H2,1H3,(H,23,25). The van der Waals surface area contributed by atoms with Crippen molar-refractivity contribution >= 4 is 23.5 Å². The number of hydrogen-bond donors (Lipinski definition) is 1. The summed E-state index contributed by atoms with van der Waals surface area (Å²) in [6.07, 6.45) is 1.73. The molecule has 2 aromatic carbocycles. The Morgan fingerprint density at radius 1 is 1.11 bits per heavy atom. The van der Waals surface area contributed by atoms with Gasteiger partial charge in [-0.25, -0.2) is 0 Å². The molecule has 1 aliphatic heterocycles. The van der Waals surface area contributed by atoms with Gasteiger partial charge in [-0.2, -0.15) is 0 Å². The number of carbonyl (C=O) groups excluding carboxylic acids is 3. The van der Waals surface area contributed by atoms with Crippen molar-refractivity contribution in [2.24, 2.45) is 0 Å². The normalized spacial score (nSPS) is 14.6. The molecule has 0 saturated carbocycles. The second kappa shape index (κ2) is 9.17. The van der Waals surface area contributed by atoms with E-state index in [2.05, 4.69) is 5.32 Å². The number of amides is 2. The Balaban J connectivity index is 1.64. The Labute approximate surface area is 164 Å². The average molecular weight is 380 g/mol. The van der Waals surface area contributed by atoms with Crippen molar-refractivity contribution in [1.29, 1.82) is 0 Å². The zero-order valence-corrected chi connectivity index (χ0v) is 15.9. The molecule has 1 aliphatic rings. The third-order valence-corrected chi connectivity index (χ3v) is 4.82. The number of nitrogens with one attached hydrogen (secondary N) is 1. The van der Waals surface area contributed by atoms with Gasteiger partial charge >= 0.3 is 5.97 Å². The molecular formula is C22H24N2O4. The number of anilines is 1. The Hall–Kier alpha value is -3.15. The second-order valence-electron chi connectivity index (χ2n) is 6.80. The van der Waals surface area contributed by atoms with Gasteiger partial charge in [-0.3, -0.25) is 14.4 Å². The van der Waals surface area contributed by atoms with Crippen LogP contribution in [0.3, 0.4) is 0 Å². The van der Waals surface area contributed by atoms with Crippen LogP contribution in [-0.4, -0.2) is 31.4 Å². The van der Waals surface area contributed by atoms with Crippen LogP contribution in [0.1, 0.15) is 36.4 Å². The number of nitrogens with zero attached hydrogens (tertiary/aromatic N) is 1. The van der Waals surface area contributed by atoms with E-state index >= 15 is 0 Å². The van der Waals surface area contributed by atoms with Gasteiger partial charge < -0.3 is 15.0 Å². The van der Waals surface area contributed by atoms with Gasteiger partial charge in [0.05, 0.1) is 26.0 Å². The van der Waals surface area contributed by atoms with Crippen LogP contribution in [0.15, 0.2) is 54.6 Å². The quantitative estimate of drug-likeness (QED) is 0.750. The van der Waals surface area contributed by atoms with Crippen LogP contribution in [0.2, 0.25) is 0 Å². The highest BCUT2D eigenvalue weighted by Crippen LogP contribution is 2.22. The highest BCUT2D eigenvalue weighted by Gasteiger charge is 2.22. The summed E-state index contributed by atoms with van der Waals surface area (Å²) in [5.74, 6) is -0.421. The third kappa shape index (κ3) is 4.97. The second-order valence-corrected chi connectivity index (χ2v) is 6.80. The zero-order chi connectivity index (χ0) is 19.9. The lowest BCUT2D eigenvalue weighted by molar-refractivity contribution is -0.141. The van der Waals surface area contributed by atoms with Crippen LogP contribution in [-0.2, 0) is 25.5 Å². The fraction of sp³-hybridized carbons (Fsp3) is 0.318. The minimum Gasteiger partial charge on any atom is -0.469 e. The van der Waals surface area contributed by atoms with E-state index in [1.807, 2.05) is 54.6 Å². The molecule has 0 bridgehead atoms. The number of methoxy groups -OCH3 is 1. The van der Waals surface area contributed by atoms with Gasteiger partial charge in [0.15, 0.2) is 0 Å². The summed E-state index contributed by atoms with van der Waals surface area (Å²) in [5.41, 5.74) is 2.56. The predicted molar refractivity (Wildman–Crippen MR) is 106 cm³/mol. The van der Waals surface area contributed by atoms with Crippen LogP contribution in [0.25, 0.3) is 0 Å². The summed E-state index contributed by atoms with van der Waals surface area (Å²) < 4.78 is 4.75. The molecule has 146 valence electrons. The molecule has 1 fully saturated rings. The number of carbonyl (C=O) groups is 3. The summed E-state index contributed by atoms with van der Waals surface area (Å²) >= 11 is 0. The Bertz CT molecular complexity index is 833. The van der Waals surface area contributed by atoms with E-state index in [1.165, 1.54) is 7.11 Å². The fourth-order valence-electron chi connectivity index (χ4n) is 3.33. The largest absolute Gasteiger partial charge is 0.469 e. The van der Waals surface area contributed by atoms with Gasteiger partial charge in [0.1, 0.15) is 0 Å². The molecule has 6 nitrogen and oxygen atoms in total. The van der Waals surface area contributed by atoms with Crippen LogP contribution in [0.5, 0.6) is 0 Å². The van der Waals surface area contributed by atoms with Crippen molar-refractivity contribution in [2.45, 2.75) is 31.7 Å². The highest BCUT2D eigenvalue weighted by molar-refractivity contribution is 5.95. The summed E-state index contributed by atoms with van der Waals surface area (Å²) in [4.78, 5) is 37.9. The molecule has 1 heterocycles. The molecule has 6 heteroatoms. The molecule has 0 spiro atoms.